The quantitative estimate of drug-likeness (QED) is 0.490. The average molecular weight is 164 g/mol. The van der Waals surface area contributed by atoms with Gasteiger partial charge in [0.25, 0.3) is 0 Å². The highest BCUT2D eigenvalue weighted by molar-refractivity contribution is 5.67. The van der Waals surface area contributed by atoms with Crippen molar-refractivity contribution in [3.63, 3.8) is 0 Å². The fourth-order valence-electron chi connectivity index (χ4n) is 1.08. The first-order chi connectivity index (χ1) is 5.83. The van der Waals surface area contributed by atoms with E-state index in [1.165, 1.54) is 11.0 Å². The minimum Gasteiger partial charge on any atom is -0.340 e. The van der Waals surface area contributed by atoms with Crippen LogP contribution in [-0.4, -0.2) is 26.7 Å². The minimum absolute atomic E-state index is 0.622. The van der Waals surface area contributed by atoms with Gasteiger partial charge in [-0.15, -0.1) is 0 Å². The summed E-state index contributed by atoms with van der Waals surface area (Å²) >= 11 is 0. The summed E-state index contributed by atoms with van der Waals surface area (Å²) in [5.74, 6) is 5.57. The highest BCUT2D eigenvalue weighted by Gasteiger charge is 2.00. The number of aromatic nitrogens is 4. The van der Waals surface area contributed by atoms with Crippen LogP contribution in [0.4, 0.5) is 0 Å². The number of nitrogens with one attached hydrogen (secondary N) is 1. The summed E-state index contributed by atoms with van der Waals surface area (Å²) in [5, 5.41) is 0. The predicted octanol–water partition coefficient (Wildman–Crippen LogP) is -0.996. The highest BCUT2D eigenvalue weighted by atomic mass is 15.3. The molecule has 62 valence electrons. The lowest BCUT2D eigenvalue weighted by atomic mass is 10.5. The predicted molar refractivity (Wildman–Crippen MR) is 43.5 cm³/mol. The summed E-state index contributed by atoms with van der Waals surface area (Å²) in [6.45, 7) is 0. The zero-order valence-corrected chi connectivity index (χ0v) is 6.52. The third-order valence-electron chi connectivity index (χ3n) is 1.60. The molecule has 6 nitrogen and oxygen atoms in total. The Labute approximate surface area is 67.8 Å². The molecule has 0 aliphatic rings. The molecule has 0 bridgehead atoms. The van der Waals surface area contributed by atoms with Crippen LogP contribution in [0.25, 0.3) is 11.2 Å². The van der Waals surface area contributed by atoms with Crippen LogP contribution >= 0.6 is 0 Å². The number of rotatable bonds is 0. The third kappa shape index (κ3) is 0.777. The molecule has 12 heavy (non-hydrogen) atoms. The van der Waals surface area contributed by atoms with E-state index in [0.29, 0.717) is 11.1 Å². The van der Waals surface area contributed by atoms with E-state index in [0.717, 1.165) is 5.52 Å². The summed E-state index contributed by atoms with van der Waals surface area (Å²) in [6.07, 6.45) is 3.04. The fourth-order valence-corrected chi connectivity index (χ4v) is 1.08. The zero-order valence-electron chi connectivity index (χ0n) is 6.52. The zero-order chi connectivity index (χ0) is 8.55. The normalized spacial score (nSPS) is 12.6. The van der Waals surface area contributed by atoms with E-state index in [1.54, 1.807) is 13.4 Å². The van der Waals surface area contributed by atoms with Gasteiger partial charge >= 0.3 is 0 Å². The van der Waals surface area contributed by atoms with Crippen molar-refractivity contribution < 1.29 is 0 Å². The Morgan fingerprint density at radius 2 is 2.42 bits per heavy atom. The monoisotopic (exact) mass is 164 g/mol. The number of hydrogen-bond acceptors (Lipinski definition) is 4. The van der Waals surface area contributed by atoms with Crippen molar-refractivity contribution >= 4 is 11.2 Å². The average Bonchev–Trinajstić information content (AvgIpc) is 2.52. The second kappa shape index (κ2) is 2.33. The Morgan fingerprint density at radius 3 is 3.17 bits per heavy atom. The lowest BCUT2D eigenvalue weighted by molar-refractivity contribution is 0.873. The SMILES string of the molecule is CN=c1c2[nH]cnc2ncn1N. The lowest BCUT2D eigenvalue weighted by Gasteiger charge is -1.97. The van der Waals surface area contributed by atoms with E-state index in [1.807, 2.05) is 0 Å². The number of fused-ring (bicyclic) bond motifs is 1. The molecule has 0 aliphatic carbocycles. The maximum absolute atomic E-state index is 5.57. The molecule has 3 N–H and O–H groups in total. The molecule has 0 radical (unpaired) electrons. The van der Waals surface area contributed by atoms with Crippen LogP contribution in [0.3, 0.4) is 0 Å². The Hall–Kier alpha value is -1.85. The molecule has 0 amide bonds. The van der Waals surface area contributed by atoms with Gasteiger partial charge in [-0.25, -0.2) is 14.6 Å². The van der Waals surface area contributed by atoms with Gasteiger partial charge in [-0.3, -0.25) is 4.99 Å². The number of imidazole rings is 1. The molecular weight excluding hydrogens is 156 g/mol. The molecule has 2 aromatic rings. The Morgan fingerprint density at radius 1 is 1.58 bits per heavy atom. The molecule has 0 saturated heterocycles. The van der Waals surface area contributed by atoms with Crippen molar-refractivity contribution in [3.8, 4) is 0 Å². The van der Waals surface area contributed by atoms with Gasteiger partial charge in [0.05, 0.1) is 6.33 Å². The van der Waals surface area contributed by atoms with Gasteiger partial charge < -0.3 is 10.8 Å². The van der Waals surface area contributed by atoms with Gasteiger partial charge in [-0.2, -0.15) is 0 Å². The number of nitrogens with zero attached hydrogens (tertiary/aromatic N) is 4. The van der Waals surface area contributed by atoms with Crippen molar-refractivity contribution in [2.45, 2.75) is 0 Å². The number of hydrogen-bond donors (Lipinski definition) is 2. The largest absolute Gasteiger partial charge is 0.340 e. The molecule has 0 aromatic carbocycles. The van der Waals surface area contributed by atoms with Crippen LogP contribution in [0.15, 0.2) is 17.6 Å². The highest BCUT2D eigenvalue weighted by Crippen LogP contribution is 1.95. The first-order valence-corrected chi connectivity index (χ1v) is 3.41. The van der Waals surface area contributed by atoms with E-state index in [9.17, 15) is 0 Å². The first-order valence-electron chi connectivity index (χ1n) is 3.41. The molecule has 2 heterocycles. The van der Waals surface area contributed by atoms with E-state index >= 15 is 0 Å². The van der Waals surface area contributed by atoms with Crippen LogP contribution in [0, 0.1) is 0 Å². The summed E-state index contributed by atoms with van der Waals surface area (Å²) in [6, 6.07) is 0. The van der Waals surface area contributed by atoms with Crippen LogP contribution < -0.4 is 11.3 Å². The van der Waals surface area contributed by atoms with E-state index in [2.05, 4.69) is 19.9 Å². The number of nitrogen functional groups attached to an aromatic ring is 1. The Balaban J connectivity index is 3.03. The lowest BCUT2D eigenvalue weighted by Crippen LogP contribution is -2.28. The van der Waals surface area contributed by atoms with Gasteiger partial charge in [-0.05, 0) is 0 Å². The van der Waals surface area contributed by atoms with Crippen LogP contribution in [0.1, 0.15) is 0 Å². The van der Waals surface area contributed by atoms with Crippen molar-refractivity contribution in [1.29, 1.82) is 0 Å². The van der Waals surface area contributed by atoms with E-state index in [-0.39, 0.29) is 0 Å². The smallest absolute Gasteiger partial charge is 0.182 e. The van der Waals surface area contributed by atoms with E-state index < -0.39 is 0 Å². The number of aromatic amines is 1. The first kappa shape index (κ1) is 6.84. The fraction of sp³-hybridized carbons (Fsp3) is 0.167. The summed E-state index contributed by atoms with van der Waals surface area (Å²) < 4.78 is 1.35. The van der Waals surface area contributed by atoms with Crippen molar-refractivity contribution in [2.24, 2.45) is 4.99 Å². The molecule has 0 unspecified atom stereocenters. The molecule has 0 atom stereocenters. The van der Waals surface area contributed by atoms with Crippen molar-refractivity contribution in [1.82, 2.24) is 19.6 Å². The molecule has 0 aliphatic heterocycles. The number of nitrogens with two attached hydrogens (primary N) is 1. The van der Waals surface area contributed by atoms with Crippen LogP contribution in [-0.2, 0) is 0 Å². The van der Waals surface area contributed by atoms with E-state index in [4.69, 9.17) is 5.84 Å². The molecule has 2 aromatic heterocycles. The minimum atomic E-state index is 0.622. The van der Waals surface area contributed by atoms with Crippen molar-refractivity contribution in [2.75, 3.05) is 12.9 Å². The second-order valence-electron chi connectivity index (χ2n) is 2.30. The van der Waals surface area contributed by atoms with Gasteiger partial charge in [-0.1, -0.05) is 0 Å². The topological polar surface area (TPSA) is 84.9 Å². The maximum atomic E-state index is 5.57. The molecule has 0 spiro atoms. The van der Waals surface area contributed by atoms with Gasteiger partial charge in [0.15, 0.2) is 11.1 Å². The molecule has 2 rings (SSSR count). The van der Waals surface area contributed by atoms with Crippen LogP contribution in [0.2, 0.25) is 0 Å². The summed E-state index contributed by atoms with van der Waals surface area (Å²) in [7, 11) is 1.67. The van der Waals surface area contributed by atoms with Crippen LogP contribution in [0.5, 0.6) is 0 Å². The molecule has 0 fully saturated rings. The molecule has 0 saturated carbocycles. The second-order valence-corrected chi connectivity index (χ2v) is 2.30. The Kier molecular flexibility index (Phi) is 1.33. The van der Waals surface area contributed by atoms with Gasteiger partial charge in [0, 0.05) is 7.05 Å². The molecular formula is C6H8N6. The van der Waals surface area contributed by atoms with Gasteiger partial charge in [0.1, 0.15) is 11.8 Å². The third-order valence-corrected chi connectivity index (χ3v) is 1.60. The van der Waals surface area contributed by atoms with Gasteiger partial charge in [0.2, 0.25) is 0 Å². The summed E-state index contributed by atoms with van der Waals surface area (Å²) in [4.78, 5) is 14.9. The standard InChI is InChI=1S/C6H8N6/c1-8-6-4-5(10-2-9-4)11-3-12(6)7/h2-3H,7H2,1H3,(H,9,10). The molecule has 6 heteroatoms. The maximum Gasteiger partial charge on any atom is 0.182 e. The Bertz CT molecular complexity index is 464. The summed E-state index contributed by atoms with van der Waals surface area (Å²) in [5.41, 5.74) is 2.01. The number of H-pyrrole nitrogens is 1. The van der Waals surface area contributed by atoms with Crippen molar-refractivity contribution in [3.05, 3.63) is 18.1 Å².